The molecule has 0 aliphatic heterocycles. The zero-order valence-corrected chi connectivity index (χ0v) is 14.5. The van der Waals surface area contributed by atoms with Crippen LogP contribution < -0.4 is 10.6 Å². The summed E-state index contributed by atoms with van der Waals surface area (Å²) in [6, 6.07) is 14.3. The first-order valence-corrected chi connectivity index (χ1v) is 8.49. The van der Waals surface area contributed by atoms with E-state index in [1.54, 1.807) is 11.8 Å². The lowest BCUT2D eigenvalue weighted by molar-refractivity contribution is 1.44. The third-order valence-electron chi connectivity index (χ3n) is 2.70. The Kier molecular flexibility index (Phi) is 5.46. The Balaban J connectivity index is 2.05. The van der Waals surface area contributed by atoms with Gasteiger partial charge in [0.15, 0.2) is 5.11 Å². The minimum absolute atomic E-state index is 0.577. The number of anilines is 2. The predicted molar refractivity (Wildman–Crippen MR) is 96.9 cm³/mol. The van der Waals surface area contributed by atoms with Crippen LogP contribution >= 0.6 is 39.9 Å². The second kappa shape index (κ2) is 7.11. The largest absolute Gasteiger partial charge is 0.332 e. The van der Waals surface area contributed by atoms with E-state index in [0.717, 1.165) is 15.8 Å². The highest BCUT2D eigenvalue weighted by Crippen LogP contribution is 2.24. The molecule has 104 valence electrons. The van der Waals surface area contributed by atoms with Crippen molar-refractivity contribution in [1.82, 2.24) is 0 Å². The second-order valence-corrected chi connectivity index (χ2v) is 6.44. The SMILES string of the molecule is CSc1cccc(NC(=S)Nc2ccc(C)cc2Br)c1. The summed E-state index contributed by atoms with van der Waals surface area (Å²) >= 11 is 10.6. The normalized spacial score (nSPS) is 10.2. The van der Waals surface area contributed by atoms with Crippen molar-refractivity contribution in [3.8, 4) is 0 Å². The van der Waals surface area contributed by atoms with Gasteiger partial charge in [-0.2, -0.15) is 0 Å². The zero-order valence-electron chi connectivity index (χ0n) is 11.2. The molecule has 0 atom stereocenters. The number of rotatable bonds is 3. The first kappa shape index (κ1) is 15.4. The second-order valence-electron chi connectivity index (χ2n) is 4.29. The van der Waals surface area contributed by atoms with Gasteiger partial charge in [-0.15, -0.1) is 11.8 Å². The summed E-state index contributed by atoms with van der Waals surface area (Å²) < 4.78 is 1.000. The molecule has 0 radical (unpaired) electrons. The van der Waals surface area contributed by atoms with Gasteiger partial charge in [0, 0.05) is 15.1 Å². The van der Waals surface area contributed by atoms with Crippen LogP contribution in [0, 0.1) is 6.92 Å². The predicted octanol–water partition coefficient (Wildman–Crippen LogP) is 5.29. The van der Waals surface area contributed by atoms with Crippen LogP contribution in [-0.4, -0.2) is 11.4 Å². The minimum atomic E-state index is 0.577. The third kappa shape index (κ3) is 4.23. The summed E-state index contributed by atoms with van der Waals surface area (Å²) in [7, 11) is 0. The third-order valence-corrected chi connectivity index (χ3v) is 4.29. The monoisotopic (exact) mass is 366 g/mol. The van der Waals surface area contributed by atoms with E-state index in [0.29, 0.717) is 5.11 Å². The van der Waals surface area contributed by atoms with Gasteiger partial charge in [-0.1, -0.05) is 12.1 Å². The molecule has 2 nitrogen and oxygen atoms in total. The van der Waals surface area contributed by atoms with E-state index in [9.17, 15) is 0 Å². The molecule has 0 fully saturated rings. The number of thiocarbonyl (C=S) groups is 1. The fraction of sp³-hybridized carbons (Fsp3) is 0.133. The highest BCUT2D eigenvalue weighted by Gasteiger charge is 2.03. The van der Waals surface area contributed by atoms with Gasteiger partial charge in [0.05, 0.1) is 5.69 Å². The molecule has 0 amide bonds. The molecule has 2 N–H and O–H groups in total. The first-order valence-electron chi connectivity index (χ1n) is 6.06. The Bertz CT molecular complexity index is 629. The molecule has 0 unspecified atom stereocenters. The highest BCUT2D eigenvalue weighted by molar-refractivity contribution is 9.10. The van der Waals surface area contributed by atoms with Crippen LogP contribution in [0.4, 0.5) is 11.4 Å². The van der Waals surface area contributed by atoms with E-state index in [4.69, 9.17) is 12.2 Å². The maximum Gasteiger partial charge on any atom is 0.175 e. The Morgan fingerprint density at radius 2 is 1.95 bits per heavy atom. The molecule has 0 heterocycles. The lowest BCUT2D eigenvalue weighted by Crippen LogP contribution is -2.19. The van der Waals surface area contributed by atoms with Crippen LogP contribution in [0.1, 0.15) is 5.56 Å². The number of hydrogen-bond acceptors (Lipinski definition) is 2. The van der Waals surface area contributed by atoms with E-state index in [1.165, 1.54) is 10.5 Å². The van der Waals surface area contributed by atoms with Crippen LogP contribution in [0.2, 0.25) is 0 Å². The molecule has 0 saturated carbocycles. The first-order chi connectivity index (χ1) is 9.58. The molecule has 0 spiro atoms. The molecule has 5 heteroatoms. The van der Waals surface area contributed by atoms with Crippen LogP contribution in [0.15, 0.2) is 51.8 Å². The number of aryl methyl sites for hydroxylation is 1. The average Bonchev–Trinajstić information content (AvgIpc) is 2.42. The lowest BCUT2D eigenvalue weighted by atomic mass is 10.2. The Labute approximate surface area is 137 Å². The van der Waals surface area contributed by atoms with E-state index in [-0.39, 0.29) is 0 Å². The zero-order chi connectivity index (χ0) is 14.5. The van der Waals surface area contributed by atoms with Gasteiger partial charge in [-0.25, -0.2) is 0 Å². The van der Waals surface area contributed by atoms with Gasteiger partial charge in [-0.3, -0.25) is 0 Å². The molecule has 0 bridgehead atoms. The van der Waals surface area contributed by atoms with E-state index in [2.05, 4.69) is 57.9 Å². The van der Waals surface area contributed by atoms with E-state index in [1.807, 2.05) is 24.3 Å². The molecule has 0 saturated heterocycles. The summed E-state index contributed by atoms with van der Waals surface area (Å²) in [5.41, 5.74) is 3.14. The maximum atomic E-state index is 5.34. The summed E-state index contributed by atoms with van der Waals surface area (Å²) in [6.07, 6.45) is 2.05. The Morgan fingerprint density at radius 3 is 2.65 bits per heavy atom. The van der Waals surface area contributed by atoms with Gasteiger partial charge < -0.3 is 10.6 Å². The molecule has 0 aliphatic carbocycles. The van der Waals surface area contributed by atoms with Crippen molar-refractivity contribution in [2.45, 2.75) is 11.8 Å². The van der Waals surface area contributed by atoms with Gasteiger partial charge in [0.1, 0.15) is 0 Å². The summed E-state index contributed by atoms with van der Waals surface area (Å²) in [6.45, 7) is 2.05. The van der Waals surface area contributed by atoms with Crippen molar-refractivity contribution in [2.75, 3.05) is 16.9 Å². The Hall–Kier alpha value is -1.04. The van der Waals surface area contributed by atoms with Gasteiger partial charge in [0.25, 0.3) is 0 Å². The molecular formula is C15H15BrN2S2. The van der Waals surface area contributed by atoms with Gasteiger partial charge >= 0.3 is 0 Å². The lowest BCUT2D eigenvalue weighted by Gasteiger charge is -2.12. The Morgan fingerprint density at radius 1 is 1.15 bits per heavy atom. The highest BCUT2D eigenvalue weighted by atomic mass is 79.9. The smallest absolute Gasteiger partial charge is 0.175 e. The molecule has 20 heavy (non-hydrogen) atoms. The molecule has 2 aromatic rings. The molecule has 0 aliphatic rings. The van der Waals surface area contributed by atoms with E-state index >= 15 is 0 Å². The molecule has 0 aromatic heterocycles. The summed E-state index contributed by atoms with van der Waals surface area (Å²) in [5.74, 6) is 0. The topological polar surface area (TPSA) is 24.1 Å². The quantitative estimate of drug-likeness (QED) is 0.569. The van der Waals surface area contributed by atoms with Crippen molar-refractivity contribution in [2.24, 2.45) is 0 Å². The van der Waals surface area contributed by atoms with Crippen LogP contribution in [0.3, 0.4) is 0 Å². The number of thioether (sulfide) groups is 1. The fourth-order valence-corrected chi connectivity index (χ4v) is 2.99. The summed E-state index contributed by atoms with van der Waals surface area (Å²) in [5, 5.41) is 6.96. The number of benzene rings is 2. The molecular weight excluding hydrogens is 352 g/mol. The summed E-state index contributed by atoms with van der Waals surface area (Å²) in [4.78, 5) is 1.20. The van der Waals surface area contributed by atoms with Crippen molar-refractivity contribution in [3.05, 3.63) is 52.5 Å². The van der Waals surface area contributed by atoms with Crippen LogP contribution in [0.25, 0.3) is 0 Å². The molecule has 2 rings (SSSR count). The van der Waals surface area contributed by atoms with Crippen LogP contribution in [0.5, 0.6) is 0 Å². The number of halogens is 1. The van der Waals surface area contributed by atoms with Crippen molar-refractivity contribution in [1.29, 1.82) is 0 Å². The average molecular weight is 367 g/mol. The minimum Gasteiger partial charge on any atom is -0.332 e. The standard InChI is InChI=1S/C15H15BrN2S2/c1-10-6-7-14(13(16)8-10)18-15(19)17-11-4-3-5-12(9-11)20-2/h3-9H,1-2H3,(H2,17,18,19). The molecule has 2 aromatic carbocycles. The number of nitrogens with one attached hydrogen (secondary N) is 2. The van der Waals surface area contributed by atoms with Crippen molar-refractivity contribution < 1.29 is 0 Å². The van der Waals surface area contributed by atoms with Crippen molar-refractivity contribution in [3.63, 3.8) is 0 Å². The van der Waals surface area contributed by atoms with E-state index < -0.39 is 0 Å². The maximum absolute atomic E-state index is 5.34. The fourth-order valence-electron chi connectivity index (χ4n) is 1.71. The number of hydrogen-bond donors (Lipinski definition) is 2. The van der Waals surface area contributed by atoms with Gasteiger partial charge in [-0.05, 0) is 77.2 Å². The van der Waals surface area contributed by atoms with Gasteiger partial charge in [0.2, 0.25) is 0 Å². The van der Waals surface area contributed by atoms with Crippen LogP contribution in [-0.2, 0) is 0 Å². The van der Waals surface area contributed by atoms with Crippen molar-refractivity contribution >= 4 is 56.4 Å².